The van der Waals surface area contributed by atoms with Crippen molar-refractivity contribution in [2.24, 2.45) is 0 Å². The molecule has 2 aromatic carbocycles. The fourth-order valence-electron chi connectivity index (χ4n) is 4.54. The monoisotopic (exact) mass is 323 g/mol. The molecule has 3 nitrogen and oxygen atoms in total. The Morgan fingerprint density at radius 3 is 2.75 bits per heavy atom. The van der Waals surface area contributed by atoms with Crippen LogP contribution in [0, 0.1) is 0 Å². The maximum Gasteiger partial charge on any atom is 0.115 e. The molecule has 1 saturated heterocycles. The minimum absolute atomic E-state index is 0.171. The number of hydrogen-bond donors (Lipinski definition) is 2. The molecule has 3 atom stereocenters. The third kappa shape index (κ3) is 2.52. The molecule has 2 aliphatic rings. The fourth-order valence-corrected chi connectivity index (χ4v) is 4.54. The summed E-state index contributed by atoms with van der Waals surface area (Å²) in [5.41, 5.74) is 3.51. The molecule has 2 bridgehead atoms. The van der Waals surface area contributed by atoms with Crippen molar-refractivity contribution in [1.29, 1.82) is 0 Å². The van der Waals surface area contributed by atoms with Gasteiger partial charge in [-0.2, -0.15) is 0 Å². The second-order valence-electron chi connectivity index (χ2n) is 7.50. The zero-order valence-electron chi connectivity index (χ0n) is 14.2. The van der Waals surface area contributed by atoms with Gasteiger partial charge in [-0.1, -0.05) is 43.3 Å². The van der Waals surface area contributed by atoms with Crippen LogP contribution in [0.5, 0.6) is 5.75 Å². The van der Waals surface area contributed by atoms with Crippen molar-refractivity contribution in [2.75, 3.05) is 13.1 Å². The quantitative estimate of drug-likeness (QED) is 0.913. The summed E-state index contributed by atoms with van der Waals surface area (Å²) in [6, 6.07) is 16.4. The molecular formula is C21H25NO2. The van der Waals surface area contributed by atoms with Crippen LogP contribution in [0.3, 0.4) is 0 Å². The highest BCUT2D eigenvalue weighted by atomic mass is 16.3. The van der Waals surface area contributed by atoms with E-state index in [1.54, 1.807) is 6.07 Å². The maximum atomic E-state index is 11.0. The Morgan fingerprint density at radius 2 is 1.96 bits per heavy atom. The lowest BCUT2D eigenvalue weighted by molar-refractivity contribution is -0.0505. The Balaban J connectivity index is 1.57. The Bertz CT molecular complexity index is 730. The predicted octanol–water partition coefficient (Wildman–Crippen LogP) is 2.88. The molecule has 0 unspecified atom stereocenters. The highest BCUT2D eigenvalue weighted by molar-refractivity contribution is 5.44. The minimum Gasteiger partial charge on any atom is -0.508 e. The first-order chi connectivity index (χ1) is 11.6. The summed E-state index contributed by atoms with van der Waals surface area (Å²) in [6.45, 7) is 4.13. The van der Waals surface area contributed by atoms with Gasteiger partial charge in [0, 0.05) is 18.0 Å². The molecule has 1 fully saturated rings. The van der Waals surface area contributed by atoms with Crippen LogP contribution in [-0.2, 0) is 18.3 Å². The summed E-state index contributed by atoms with van der Waals surface area (Å²) in [5, 5.41) is 20.9. The largest absolute Gasteiger partial charge is 0.508 e. The number of likely N-dealkylation sites (tertiary alicyclic amines) is 1. The molecule has 1 aliphatic heterocycles. The van der Waals surface area contributed by atoms with E-state index in [1.165, 1.54) is 11.1 Å². The van der Waals surface area contributed by atoms with Gasteiger partial charge in [0.15, 0.2) is 0 Å². The molecular weight excluding hydrogens is 298 g/mol. The number of hydrogen-bond acceptors (Lipinski definition) is 3. The number of phenols is 1. The molecule has 24 heavy (non-hydrogen) atoms. The van der Waals surface area contributed by atoms with E-state index < -0.39 is 0 Å². The van der Waals surface area contributed by atoms with Crippen molar-refractivity contribution in [3.63, 3.8) is 0 Å². The van der Waals surface area contributed by atoms with Crippen LogP contribution in [-0.4, -0.2) is 40.3 Å². The molecule has 0 aromatic heterocycles. The molecule has 3 heteroatoms. The number of nitrogens with zero attached hydrogens (tertiary/aromatic N) is 1. The third-order valence-corrected chi connectivity index (χ3v) is 6.07. The van der Waals surface area contributed by atoms with Crippen LogP contribution >= 0.6 is 0 Å². The summed E-state index contributed by atoms with van der Waals surface area (Å²) in [7, 11) is 0. The number of rotatable bonds is 3. The fraction of sp³-hybridized carbons (Fsp3) is 0.429. The van der Waals surface area contributed by atoms with Gasteiger partial charge in [-0.05, 0) is 54.6 Å². The standard InChI is InChI=1S/C21H25NO2/c1-21-10-12-22(11-9-15-5-3-2-4-6-15)19(20(21)24)13-16-7-8-17(23)14-18(16)21/h2-8,14,19-20,23-24H,9-13H2,1H3/t19-,20+,21-/m0/s1. The lowest BCUT2D eigenvalue weighted by Gasteiger charge is -2.53. The van der Waals surface area contributed by atoms with Gasteiger partial charge in [0.25, 0.3) is 0 Å². The van der Waals surface area contributed by atoms with E-state index in [1.807, 2.05) is 18.2 Å². The molecule has 0 spiro atoms. The number of benzene rings is 2. The van der Waals surface area contributed by atoms with Crippen molar-refractivity contribution in [2.45, 2.75) is 43.7 Å². The Morgan fingerprint density at radius 1 is 1.17 bits per heavy atom. The topological polar surface area (TPSA) is 43.7 Å². The van der Waals surface area contributed by atoms with Gasteiger partial charge in [0.1, 0.15) is 5.75 Å². The Kier molecular flexibility index (Phi) is 3.86. The molecule has 0 amide bonds. The van der Waals surface area contributed by atoms with Crippen LogP contribution in [0.15, 0.2) is 48.5 Å². The number of piperidine rings is 1. The summed E-state index contributed by atoms with van der Waals surface area (Å²) in [6.07, 6.45) is 2.43. The Hall–Kier alpha value is -1.84. The maximum absolute atomic E-state index is 11.0. The smallest absolute Gasteiger partial charge is 0.115 e. The van der Waals surface area contributed by atoms with Gasteiger partial charge < -0.3 is 10.2 Å². The minimum atomic E-state index is -0.378. The molecule has 1 heterocycles. The number of aromatic hydroxyl groups is 1. The van der Waals surface area contributed by atoms with Gasteiger partial charge >= 0.3 is 0 Å². The van der Waals surface area contributed by atoms with E-state index >= 15 is 0 Å². The molecule has 1 aliphatic carbocycles. The number of fused-ring (bicyclic) bond motifs is 4. The van der Waals surface area contributed by atoms with Crippen LogP contribution in [0.25, 0.3) is 0 Å². The van der Waals surface area contributed by atoms with Gasteiger partial charge in [-0.15, -0.1) is 0 Å². The summed E-state index contributed by atoms with van der Waals surface area (Å²) in [5.74, 6) is 0.298. The molecule has 126 valence electrons. The molecule has 0 saturated carbocycles. The van der Waals surface area contributed by atoms with Crippen LogP contribution in [0.2, 0.25) is 0 Å². The zero-order chi connectivity index (χ0) is 16.7. The van der Waals surface area contributed by atoms with Gasteiger partial charge in [0.2, 0.25) is 0 Å². The number of aliphatic hydroxyl groups excluding tert-OH is 1. The first kappa shape index (κ1) is 15.7. The highest BCUT2D eigenvalue weighted by Crippen LogP contribution is 2.45. The average Bonchev–Trinajstić information content (AvgIpc) is 2.59. The van der Waals surface area contributed by atoms with Crippen LogP contribution in [0.4, 0.5) is 0 Å². The molecule has 2 aromatic rings. The van der Waals surface area contributed by atoms with Gasteiger partial charge in [-0.3, -0.25) is 4.90 Å². The normalized spacial score (nSPS) is 29.2. The summed E-state index contributed by atoms with van der Waals surface area (Å²) in [4.78, 5) is 2.45. The second kappa shape index (κ2) is 5.91. The second-order valence-corrected chi connectivity index (χ2v) is 7.50. The number of phenolic OH excluding ortho intramolecular Hbond substituents is 1. The van der Waals surface area contributed by atoms with Gasteiger partial charge in [-0.25, -0.2) is 0 Å². The van der Waals surface area contributed by atoms with Crippen LogP contribution < -0.4 is 0 Å². The van der Waals surface area contributed by atoms with Gasteiger partial charge in [0.05, 0.1) is 6.10 Å². The highest BCUT2D eigenvalue weighted by Gasteiger charge is 2.49. The lowest BCUT2D eigenvalue weighted by atomic mass is 9.63. The van der Waals surface area contributed by atoms with E-state index in [4.69, 9.17) is 0 Å². The van der Waals surface area contributed by atoms with Crippen molar-refractivity contribution < 1.29 is 10.2 Å². The van der Waals surface area contributed by atoms with Crippen molar-refractivity contribution >= 4 is 0 Å². The van der Waals surface area contributed by atoms with Crippen molar-refractivity contribution in [3.05, 3.63) is 65.2 Å². The molecule has 0 radical (unpaired) electrons. The van der Waals surface area contributed by atoms with Crippen LogP contribution in [0.1, 0.15) is 30.0 Å². The van der Waals surface area contributed by atoms with E-state index in [-0.39, 0.29) is 17.6 Å². The summed E-state index contributed by atoms with van der Waals surface area (Å²) < 4.78 is 0. The number of aliphatic hydroxyl groups is 1. The molecule has 2 N–H and O–H groups in total. The first-order valence-electron chi connectivity index (χ1n) is 8.86. The van der Waals surface area contributed by atoms with E-state index in [2.05, 4.69) is 36.1 Å². The van der Waals surface area contributed by atoms with E-state index in [9.17, 15) is 10.2 Å². The predicted molar refractivity (Wildman–Crippen MR) is 95.3 cm³/mol. The third-order valence-electron chi connectivity index (χ3n) is 6.07. The van der Waals surface area contributed by atoms with Crippen molar-refractivity contribution in [3.8, 4) is 5.75 Å². The van der Waals surface area contributed by atoms with E-state index in [0.29, 0.717) is 5.75 Å². The molecule has 4 rings (SSSR count). The van der Waals surface area contributed by atoms with E-state index in [0.717, 1.165) is 37.9 Å². The Labute approximate surface area is 143 Å². The zero-order valence-corrected chi connectivity index (χ0v) is 14.2. The lowest BCUT2D eigenvalue weighted by Crippen LogP contribution is -2.62. The first-order valence-corrected chi connectivity index (χ1v) is 8.86. The van der Waals surface area contributed by atoms with Crippen molar-refractivity contribution in [1.82, 2.24) is 4.90 Å². The summed E-state index contributed by atoms with van der Waals surface area (Å²) >= 11 is 0. The SMILES string of the molecule is C[C@]12CCN(CCc3ccccc3)[C@@H](Cc3ccc(O)cc31)[C@H]2O. The average molecular weight is 323 g/mol.